The van der Waals surface area contributed by atoms with Crippen LogP contribution in [0, 0.1) is 6.92 Å². The molecule has 0 aliphatic heterocycles. The first-order valence-electron chi connectivity index (χ1n) is 5.87. The maximum absolute atomic E-state index is 11.6. The number of ketones is 1. The van der Waals surface area contributed by atoms with Crippen molar-refractivity contribution in [2.75, 3.05) is 0 Å². The lowest BCUT2D eigenvalue weighted by Gasteiger charge is -2.07. The molecule has 6 nitrogen and oxygen atoms in total. The molecule has 0 saturated carbocycles. The van der Waals surface area contributed by atoms with Crippen molar-refractivity contribution in [3.05, 3.63) is 41.5 Å². The van der Waals surface area contributed by atoms with Crippen LogP contribution in [0.2, 0.25) is 0 Å². The Morgan fingerprint density at radius 2 is 1.80 bits per heavy atom. The first kappa shape index (κ1) is 15.4. The zero-order valence-corrected chi connectivity index (χ0v) is 11.1. The molecule has 0 radical (unpaired) electrons. The van der Waals surface area contributed by atoms with Crippen molar-refractivity contribution < 1.29 is 24.6 Å². The summed E-state index contributed by atoms with van der Waals surface area (Å²) in [5.41, 5.74) is 1.17. The van der Waals surface area contributed by atoms with E-state index in [0.717, 1.165) is 11.6 Å². The number of carboxylic acids is 1. The molecule has 1 amide bonds. The van der Waals surface area contributed by atoms with E-state index in [9.17, 15) is 19.5 Å². The molecule has 1 aromatic rings. The largest absolute Gasteiger partial charge is 0.507 e. The van der Waals surface area contributed by atoms with E-state index in [1.165, 1.54) is 6.92 Å². The Morgan fingerprint density at radius 3 is 2.35 bits per heavy atom. The first-order chi connectivity index (χ1) is 9.32. The monoisotopic (exact) mass is 277 g/mol. The highest BCUT2D eigenvalue weighted by molar-refractivity contribution is 6.41. The lowest BCUT2D eigenvalue weighted by molar-refractivity contribution is -0.142. The number of aliphatic hydroxyl groups excluding tert-OH is 1. The van der Waals surface area contributed by atoms with Gasteiger partial charge in [0.15, 0.2) is 0 Å². The van der Waals surface area contributed by atoms with E-state index in [-0.39, 0.29) is 5.76 Å². The second kappa shape index (κ2) is 6.51. The van der Waals surface area contributed by atoms with Crippen molar-refractivity contribution in [3.8, 4) is 0 Å². The van der Waals surface area contributed by atoms with Gasteiger partial charge in [0, 0.05) is 11.6 Å². The highest BCUT2D eigenvalue weighted by atomic mass is 16.4. The van der Waals surface area contributed by atoms with Gasteiger partial charge in [-0.25, -0.2) is 0 Å². The third-order valence-electron chi connectivity index (χ3n) is 2.63. The molecule has 0 spiro atoms. The smallest absolute Gasteiger partial charge is 0.325 e. The number of hydrogen-bond acceptors (Lipinski definition) is 4. The summed E-state index contributed by atoms with van der Waals surface area (Å²) in [5, 5.41) is 20.4. The van der Waals surface area contributed by atoms with Crippen molar-refractivity contribution in [3.63, 3.8) is 0 Å². The predicted molar refractivity (Wildman–Crippen MR) is 72.0 cm³/mol. The van der Waals surface area contributed by atoms with Gasteiger partial charge in [-0.05, 0) is 19.4 Å². The minimum absolute atomic E-state index is 0.341. The average Bonchev–Trinajstić information content (AvgIpc) is 2.38. The number of benzene rings is 1. The number of carbonyl (C=O) groups excluding carboxylic acids is 2. The third-order valence-corrected chi connectivity index (χ3v) is 2.63. The van der Waals surface area contributed by atoms with E-state index in [1.54, 1.807) is 31.2 Å². The quantitative estimate of drug-likeness (QED) is 0.424. The van der Waals surface area contributed by atoms with Crippen molar-refractivity contribution >= 4 is 23.4 Å². The van der Waals surface area contributed by atoms with E-state index in [4.69, 9.17) is 5.11 Å². The molecule has 0 unspecified atom stereocenters. The molecule has 0 aliphatic rings. The summed E-state index contributed by atoms with van der Waals surface area (Å²) in [5.74, 6) is -3.69. The van der Waals surface area contributed by atoms with Gasteiger partial charge in [-0.1, -0.05) is 24.3 Å². The molecule has 1 rings (SSSR count). The van der Waals surface area contributed by atoms with Crippen LogP contribution in [0.25, 0.3) is 5.76 Å². The van der Waals surface area contributed by atoms with Gasteiger partial charge in [-0.3, -0.25) is 14.4 Å². The van der Waals surface area contributed by atoms with E-state index in [0.29, 0.717) is 5.56 Å². The van der Waals surface area contributed by atoms with E-state index in [2.05, 4.69) is 0 Å². The van der Waals surface area contributed by atoms with Crippen LogP contribution in [-0.2, 0) is 14.4 Å². The van der Waals surface area contributed by atoms with Crippen molar-refractivity contribution in [2.24, 2.45) is 0 Å². The second-order valence-corrected chi connectivity index (χ2v) is 4.24. The van der Waals surface area contributed by atoms with E-state index >= 15 is 0 Å². The van der Waals surface area contributed by atoms with Gasteiger partial charge in [0.2, 0.25) is 5.78 Å². The van der Waals surface area contributed by atoms with Crippen LogP contribution in [-0.4, -0.2) is 33.9 Å². The lowest BCUT2D eigenvalue weighted by atomic mass is 10.1. The number of aliphatic hydroxyl groups is 1. The molecule has 0 aromatic heterocycles. The minimum atomic E-state index is -1.25. The molecule has 0 saturated heterocycles. The lowest BCUT2D eigenvalue weighted by Crippen LogP contribution is -2.41. The fourth-order valence-electron chi connectivity index (χ4n) is 1.46. The summed E-state index contributed by atoms with van der Waals surface area (Å²) in [6.45, 7) is 2.98. The van der Waals surface area contributed by atoms with Crippen LogP contribution in [0.4, 0.5) is 0 Å². The molecule has 0 aliphatic carbocycles. The number of rotatable bonds is 5. The number of carbonyl (C=O) groups is 3. The molecule has 0 heterocycles. The topological polar surface area (TPSA) is 104 Å². The zero-order chi connectivity index (χ0) is 15.3. The van der Waals surface area contributed by atoms with Crippen LogP contribution < -0.4 is 5.32 Å². The molecule has 1 atom stereocenters. The fraction of sp³-hybridized carbons (Fsp3) is 0.214. The van der Waals surface area contributed by atoms with Gasteiger partial charge < -0.3 is 15.5 Å². The van der Waals surface area contributed by atoms with E-state index < -0.39 is 23.7 Å². The van der Waals surface area contributed by atoms with Gasteiger partial charge in [-0.15, -0.1) is 0 Å². The predicted octanol–water partition coefficient (Wildman–Crippen LogP) is 1.05. The molecule has 0 fully saturated rings. The minimum Gasteiger partial charge on any atom is -0.507 e. The average molecular weight is 277 g/mol. The maximum Gasteiger partial charge on any atom is 0.325 e. The Hall–Kier alpha value is -2.63. The first-order valence-corrected chi connectivity index (χ1v) is 5.87. The normalized spacial score (nSPS) is 12.6. The summed E-state index contributed by atoms with van der Waals surface area (Å²) in [6, 6.07) is 5.63. The molecule has 20 heavy (non-hydrogen) atoms. The molecule has 0 bridgehead atoms. The van der Waals surface area contributed by atoms with Gasteiger partial charge in [0.05, 0.1) is 0 Å². The number of hydrogen-bond donors (Lipinski definition) is 3. The summed E-state index contributed by atoms with van der Waals surface area (Å²) in [7, 11) is 0. The number of aryl methyl sites for hydroxylation is 1. The van der Waals surface area contributed by atoms with Crippen LogP contribution in [0.5, 0.6) is 0 Å². The van der Waals surface area contributed by atoms with Crippen LogP contribution in [0.1, 0.15) is 18.1 Å². The zero-order valence-electron chi connectivity index (χ0n) is 11.1. The third kappa shape index (κ3) is 3.94. The number of aliphatic carboxylic acids is 1. The molecule has 6 heteroatoms. The van der Waals surface area contributed by atoms with Crippen molar-refractivity contribution in [1.82, 2.24) is 5.32 Å². The van der Waals surface area contributed by atoms with E-state index in [1.807, 2.05) is 5.32 Å². The van der Waals surface area contributed by atoms with Crippen LogP contribution in [0.3, 0.4) is 0 Å². The molecular weight excluding hydrogens is 262 g/mol. The van der Waals surface area contributed by atoms with Crippen molar-refractivity contribution in [2.45, 2.75) is 19.9 Å². The molecular formula is C14H15NO5. The Labute approximate surface area is 115 Å². The number of amides is 1. The Kier molecular flexibility index (Phi) is 5.02. The standard InChI is InChI=1S/C14H15NO5/c1-8-5-3-4-6-10(8)11(16)7-12(17)13(18)15-9(2)14(19)20/h3-7,9,16H,1-2H3,(H,15,18)(H,19,20)/b11-7-/t9-/m1/s1. The SMILES string of the molecule is Cc1ccccc1/C(O)=C/C(=O)C(=O)N[C@H](C)C(=O)O. The highest BCUT2D eigenvalue weighted by Gasteiger charge is 2.19. The van der Waals surface area contributed by atoms with Crippen LogP contribution in [0.15, 0.2) is 30.3 Å². The summed E-state index contributed by atoms with van der Waals surface area (Å²) >= 11 is 0. The Morgan fingerprint density at radius 1 is 1.20 bits per heavy atom. The molecule has 3 N–H and O–H groups in total. The second-order valence-electron chi connectivity index (χ2n) is 4.24. The van der Waals surface area contributed by atoms with Crippen molar-refractivity contribution in [1.29, 1.82) is 0 Å². The molecule has 1 aromatic carbocycles. The van der Waals surface area contributed by atoms with Crippen LogP contribution >= 0.6 is 0 Å². The Bertz CT molecular complexity index is 577. The summed E-state index contributed by atoms with van der Waals surface area (Å²) < 4.78 is 0. The summed E-state index contributed by atoms with van der Waals surface area (Å²) in [6.07, 6.45) is 0.770. The van der Waals surface area contributed by atoms with Gasteiger partial charge >= 0.3 is 5.97 Å². The van der Waals surface area contributed by atoms with Gasteiger partial charge in [0.25, 0.3) is 5.91 Å². The van der Waals surface area contributed by atoms with Gasteiger partial charge in [-0.2, -0.15) is 0 Å². The number of carboxylic acid groups (broad SMARTS) is 1. The summed E-state index contributed by atoms with van der Waals surface area (Å²) in [4.78, 5) is 33.5. The maximum atomic E-state index is 11.6. The Balaban J connectivity index is 2.83. The highest BCUT2D eigenvalue weighted by Crippen LogP contribution is 2.15. The number of nitrogens with one attached hydrogen (secondary N) is 1. The molecule has 106 valence electrons. The fourth-order valence-corrected chi connectivity index (χ4v) is 1.46. The van der Waals surface area contributed by atoms with Gasteiger partial charge in [0.1, 0.15) is 11.8 Å².